The molecule has 0 bridgehead atoms. The Bertz CT molecular complexity index is 546. The third-order valence-electron chi connectivity index (χ3n) is 3.09. The molecule has 0 aliphatic rings. The van der Waals surface area contributed by atoms with Gasteiger partial charge in [0.05, 0.1) is 5.92 Å². The fraction of sp³-hybridized carbons (Fsp3) is 0.500. The summed E-state index contributed by atoms with van der Waals surface area (Å²) in [5, 5.41) is 3.96. The molecule has 5 nitrogen and oxygen atoms in total. The molecule has 0 saturated heterocycles. The first-order chi connectivity index (χ1) is 9.98. The van der Waals surface area contributed by atoms with E-state index in [1.807, 2.05) is 30.3 Å². The third-order valence-corrected chi connectivity index (χ3v) is 3.09. The molecule has 1 aromatic heterocycles. The predicted molar refractivity (Wildman–Crippen MR) is 80.9 cm³/mol. The summed E-state index contributed by atoms with van der Waals surface area (Å²) in [4.78, 5) is 4.40. The van der Waals surface area contributed by atoms with Gasteiger partial charge >= 0.3 is 0 Å². The van der Waals surface area contributed by atoms with Gasteiger partial charge in [-0.2, -0.15) is 4.98 Å². The number of benzene rings is 1. The van der Waals surface area contributed by atoms with Crippen LogP contribution in [0, 0.1) is 5.41 Å². The molecule has 0 fully saturated rings. The van der Waals surface area contributed by atoms with Gasteiger partial charge in [0.1, 0.15) is 5.75 Å². The van der Waals surface area contributed by atoms with Gasteiger partial charge in [0.25, 0.3) is 0 Å². The monoisotopic (exact) mass is 289 g/mol. The van der Waals surface area contributed by atoms with E-state index in [2.05, 4.69) is 30.9 Å². The fourth-order valence-electron chi connectivity index (χ4n) is 2.17. The molecule has 1 unspecified atom stereocenters. The average Bonchev–Trinajstić information content (AvgIpc) is 2.91. The van der Waals surface area contributed by atoms with Crippen LogP contribution in [0.2, 0.25) is 0 Å². The van der Waals surface area contributed by atoms with Gasteiger partial charge in [0.15, 0.2) is 6.61 Å². The molecule has 2 rings (SSSR count). The van der Waals surface area contributed by atoms with Gasteiger partial charge in [-0.3, -0.25) is 0 Å². The summed E-state index contributed by atoms with van der Waals surface area (Å²) in [5.74, 6) is 2.01. The first-order valence-corrected chi connectivity index (χ1v) is 7.18. The first-order valence-electron chi connectivity index (χ1n) is 7.18. The van der Waals surface area contributed by atoms with Crippen LogP contribution in [-0.4, -0.2) is 16.7 Å². The minimum atomic E-state index is 0.0861. The van der Waals surface area contributed by atoms with Crippen molar-refractivity contribution in [2.75, 3.05) is 6.54 Å². The summed E-state index contributed by atoms with van der Waals surface area (Å²) < 4.78 is 10.9. The standard InChI is InChI=1S/C16H23N3O2/c1-16(2,3)9-12(10-17)15-18-14(19-21-15)11-20-13-7-5-4-6-8-13/h4-8,12H,9-11,17H2,1-3H3. The van der Waals surface area contributed by atoms with Crippen LogP contribution < -0.4 is 10.5 Å². The van der Waals surface area contributed by atoms with Gasteiger partial charge in [0, 0.05) is 6.54 Å². The van der Waals surface area contributed by atoms with Crippen molar-refractivity contribution in [1.82, 2.24) is 10.1 Å². The Morgan fingerprint density at radius 3 is 2.57 bits per heavy atom. The van der Waals surface area contributed by atoms with E-state index in [4.69, 9.17) is 15.0 Å². The lowest BCUT2D eigenvalue weighted by atomic mass is 9.84. The van der Waals surface area contributed by atoms with Crippen molar-refractivity contribution in [1.29, 1.82) is 0 Å². The summed E-state index contributed by atoms with van der Waals surface area (Å²) in [6, 6.07) is 9.57. The van der Waals surface area contributed by atoms with E-state index in [-0.39, 0.29) is 11.3 Å². The van der Waals surface area contributed by atoms with Crippen molar-refractivity contribution < 1.29 is 9.26 Å². The Morgan fingerprint density at radius 2 is 1.95 bits per heavy atom. The zero-order chi connectivity index (χ0) is 15.3. The Kier molecular flexibility index (Phi) is 4.96. The summed E-state index contributed by atoms with van der Waals surface area (Å²) in [7, 11) is 0. The van der Waals surface area contributed by atoms with Crippen molar-refractivity contribution in [2.45, 2.75) is 39.7 Å². The molecule has 0 saturated carbocycles. The van der Waals surface area contributed by atoms with Crippen molar-refractivity contribution in [3.05, 3.63) is 42.0 Å². The molecule has 2 aromatic rings. The lowest BCUT2D eigenvalue weighted by Crippen LogP contribution is -2.19. The molecule has 0 radical (unpaired) electrons. The van der Waals surface area contributed by atoms with Crippen molar-refractivity contribution in [3.8, 4) is 5.75 Å². The highest BCUT2D eigenvalue weighted by Crippen LogP contribution is 2.29. The quantitative estimate of drug-likeness (QED) is 0.884. The lowest BCUT2D eigenvalue weighted by molar-refractivity contribution is 0.273. The van der Waals surface area contributed by atoms with E-state index in [1.165, 1.54) is 0 Å². The minimum Gasteiger partial charge on any atom is -0.485 e. The van der Waals surface area contributed by atoms with E-state index < -0.39 is 0 Å². The van der Waals surface area contributed by atoms with Crippen LogP contribution in [0.5, 0.6) is 5.75 Å². The molecule has 114 valence electrons. The maximum absolute atomic E-state index is 5.83. The third kappa shape index (κ3) is 4.86. The highest BCUT2D eigenvalue weighted by molar-refractivity contribution is 5.20. The zero-order valence-electron chi connectivity index (χ0n) is 12.9. The van der Waals surface area contributed by atoms with Crippen molar-refractivity contribution in [2.24, 2.45) is 11.1 Å². The summed E-state index contributed by atoms with van der Waals surface area (Å²) in [6.07, 6.45) is 0.907. The summed E-state index contributed by atoms with van der Waals surface area (Å²) >= 11 is 0. The second kappa shape index (κ2) is 6.72. The number of rotatable bonds is 6. The smallest absolute Gasteiger partial charge is 0.231 e. The van der Waals surface area contributed by atoms with Crippen LogP contribution in [-0.2, 0) is 6.61 Å². The zero-order valence-corrected chi connectivity index (χ0v) is 12.9. The van der Waals surface area contributed by atoms with Gasteiger partial charge in [-0.15, -0.1) is 0 Å². The second-order valence-corrected chi connectivity index (χ2v) is 6.35. The molecule has 0 amide bonds. The lowest BCUT2D eigenvalue weighted by Gasteiger charge is -2.22. The Balaban J connectivity index is 1.97. The average molecular weight is 289 g/mol. The number of para-hydroxylation sites is 1. The van der Waals surface area contributed by atoms with E-state index >= 15 is 0 Å². The molecule has 1 atom stereocenters. The number of nitrogens with zero attached hydrogens (tertiary/aromatic N) is 2. The van der Waals surface area contributed by atoms with E-state index in [1.54, 1.807) is 0 Å². The number of hydrogen-bond donors (Lipinski definition) is 1. The Labute approximate surface area is 125 Å². The Hall–Kier alpha value is -1.88. The Morgan fingerprint density at radius 1 is 1.24 bits per heavy atom. The van der Waals surface area contributed by atoms with Crippen LogP contribution in [0.25, 0.3) is 0 Å². The van der Waals surface area contributed by atoms with E-state index in [9.17, 15) is 0 Å². The topological polar surface area (TPSA) is 74.2 Å². The molecule has 0 spiro atoms. The van der Waals surface area contributed by atoms with Gasteiger partial charge < -0.3 is 15.0 Å². The maximum Gasteiger partial charge on any atom is 0.231 e. The van der Waals surface area contributed by atoms with Gasteiger partial charge in [-0.25, -0.2) is 0 Å². The molecule has 0 aliphatic heterocycles. The minimum absolute atomic E-state index is 0.0861. The molecule has 21 heavy (non-hydrogen) atoms. The van der Waals surface area contributed by atoms with E-state index in [0.29, 0.717) is 24.9 Å². The van der Waals surface area contributed by atoms with E-state index in [0.717, 1.165) is 12.2 Å². The summed E-state index contributed by atoms with van der Waals surface area (Å²) in [6.45, 7) is 7.31. The number of hydrogen-bond acceptors (Lipinski definition) is 5. The normalized spacial score (nSPS) is 13.1. The van der Waals surface area contributed by atoms with Gasteiger partial charge in [0.2, 0.25) is 11.7 Å². The number of nitrogens with two attached hydrogens (primary N) is 1. The van der Waals surface area contributed by atoms with Gasteiger partial charge in [-0.1, -0.05) is 44.1 Å². The predicted octanol–water partition coefficient (Wildman–Crippen LogP) is 3.13. The van der Waals surface area contributed by atoms with Crippen LogP contribution >= 0.6 is 0 Å². The van der Waals surface area contributed by atoms with Crippen LogP contribution in [0.15, 0.2) is 34.9 Å². The van der Waals surface area contributed by atoms with Gasteiger partial charge in [-0.05, 0) is 24.0 Å². The first kappa shape index (κ1) is 15.5. The molecular formula is C16H23N3O2. The maximum atomic E-state index is 5.83. The molecule has 5 heteroatoms. The van der Waals surface area contributed by atoms with Crippen molar-refractivity contribution in [3.63, 3.8) is 0 Å². The highest BCUT2D eigenvalue weighted by atomic mass is 16.5. The van der Waals surface area contributed by atoms with Crippen LogP contribution in [0.3, 0.4) is 0 Å². The molecule has 1 aromatic carbocycles. The SMILES string of the molecule is CC(C)(C)CC(CN)c1nc(COc2ccccc2)no1. The molecule has 1 heterocycles. The molecule has 2 N–H and O–H groups in total. The van der Waals surface area contributed by atoms with Crippen LogP contribution in [0.4, 0.5) is 0 Å². The number of aromatic nitrogens is 2. The van der Waals surface area contributed by atoms with Crippen LogP contribution in [0.1, 0.15) is 44.8 Å². The van der Waals surface area contributed by atoms with Crippen molar-refractivity contribution >= 4 is 0 Å². The second-order valence-electron chi connectivity index (χ2n) is 6.35. The highest BCUT2D eigenvalue weighted by Gasteiger charge is 2.24. The summed E-state index contributed by atoms with van der Waals surface area (Å²) in [5.41, 5.74) is 5.99. The largest absolute Gasteiger partial charge is 0.485 e. The molecular weight excluding hydrogens is 266 g/mol. The fourth-order valence-corrected chi connectivity index (χ4v) is 2.17. The number of ether oxygens (including phenoxy) is 1. The molecule has 0 aliphatic carbocycles.